The molecule has 0 unspecified atom stereocenters. The van der Waals surface area contributed by atoms with Gasteiger partial charge in [0.25, 0.3) is 5.91 Å². The molecule has 1 atom stereocenters. The zero-order valence-corrected chi connectivity index (χ0v) is 23.2. The van der Waals surface area contributed by atoms with Gasteiger partial charge < -0.3 is 15.4 Å². The fourth-order valence-electron chi connectivity index (χ4n) is 5.53. The first kappa shape index (κ1) is 26.8. The Balaban J connectivity index is 1.12. The van der Waals surface area contributed by atoms with Gasteiger partial charge >= 0.3 is 0 Å². The molecule has 212 valence electrons. The molecule has 1 saturated carbocycles. The van der Waals surface area contributed by atoms with E-state index in [1.54, 1.807) is 19.4 Å². The lowest BCUT2D eigenvalue weighted by molar-refractivity contribution is -0.148. The van der Waals surface area contributed by atoms with E-state index in [0.717, 1.165) is 59.6 Å². The first-order valence-corrected chi connectivity index (χ1v) is 13.7. The average molecular weight is 558 g/mol. The number of methoxy groups -OCH3 is 1. The minimum Gasteiger partial charge on any atom is -0.368 e. The molecule has 11 nitrogen and oxygen atoms in total. The fourth-order valence-corrected chi connectivity index (χ4v) is 5.53. The molecule has 12 heteroatoms. The molecular formula is C29H32FN9O2. The molecule has 2 aliphatic rings. The molecule has 3 N–H and O–H groups in total. The molecule has 0 aromatic carbocycles. The summed E-state index contributed by atoms with van der Waals surface area (Å²) in [5, 5.41) is 17.6. The van der Waals surface area contributed by atoms with Crippen LogP contribution in [0.2, 0.25) is 0 Å². The van der Waals surface area contributed by atoms with Crippen molar-refractivity contribution >= 4 is 23.6 Å². The Kier molecular flexibility index (Phi) is 7.08. The standard InChI is InChI=1S/C29H32FN9O2/c1-17-13-24(38-37-17)35-27-22-5-4-6-23(22)34-26(36-27)19-9-11-29(41-3,12-10-19)28(40)33-18(2)20-7-8-25(31-14-20)39-16-21(30)15-32-39/h4-5,7-8,13-16,18-19H,6,9-12H2,1-3H3,(H,33,40)(H2,34,35,36,37,38)/t18-,19?,29?/m0/s1. The van der Waals surface area contributed by atoms with Crippen molar-refractivity contribution in [2.45, 2.75) is 63.5 Å². The molecule has 1 fully saturated rings. The van der Waals surface area contributed by atoms with E-state index in [0.29, 0.717) is 24.5 Å². The van der Waals surface area contributed by atoms with Crippen LogP contribution in [0, 0.1) is 12.7 Å². The van der Waals surface area contributed by atoms with Crippen molar-refractivity contribution in [3.05, 3.63) is 77.0 Å². The molecule has 6 rings (SSSR count). The van der Waals surface area contributed by atoms with Gasteiger partial charge in [-0.2, -0.15) is 10.2 Å². The highest BCUT2D eigenvalue weighted by Crippen LogP contribution is 2.40. The highest BCUT2D eigenvalue weighted by molar-refractivity contribution is 5.85. The summed E-state index contributed by atoms with van der Waals surface area (Å²) in [6.07, 6.45) is 11.5. The van der Waals surface area contributed by atoms with Crippen molar-refractivity contribution in [1.82, 2.24) is 40.2 Å². The van der Waals surface area contributed by atoms with E-state index in [9.17, 15) is 9.18 Å². The predicted octanol–water partition coefficient (Wildman–Crippen LogP) is 4.46. The van der Waals surface area contributed by atoms with Crippen LogP contribution in [0.25, 0.3) is 11.9 Å². The molecule has 2 aliphatic carbocycles. The predicted molar refractivity (Wildman–Crippen MR) is 150 cm³/mol. The summed E-state index contributed by atoms with van der Waals surface area (Å²) in [6, 6.07) is 5.23. The number of hydrogen-bond donors (Lipinski definition) is 3. The van der Waals surface area contributed by atoms with Crippen LogP contribution in [0.4, 0.5) is 16.0 Å². The van der Waals surface area contributed by atoms with Crippen LogP contribution in [0.5, 0.6) is 0 Å². The minimum absolute atomic E-state index is 0.111. The van der Waals surface area contributed by atoms with Gasteiger partial charge in [0, 0.05) is 43.0 Å². The smallest absolute Gasteiger partial charge is 0.252 e. The van der Waals surface area contributed by atoms with Crippen LogP contribution in [-0.2, 0) is 16.0 Å². The summed E-state index contributed by atoms with van der Waals surface area (Å²) >= 11 is 0. The highest BCUT2D eigenvalue weighted by atomic mass is 19.1. The number of hydrogen-bond acceptors (Lipinski definition) is 8. The Bertz CT molecular complexity index is 1590. The maximum atomic E-state index is 13.5. The van der Waals surface area contributed by atoms with E-state index < -0.39 is 11.4 Å². The van der Waals surface area contributed by atoms with Crippen LogP contribution in [0.15, 0.2) is 42.9 Å². The SMILES string of the molecule is COC1(C(=O)N[C@@H](C)c2ccc(-n3cc(F)cn3)nc2)CCC(c2nc3c(c(Nc4cc(C)[nH]n4)n2)C=CC3)CC1. The van der Waals surface area contributed by atoms with E-state index in [2.05, 4.69) is 37.0 Å². The third-order valence-corrected chi connectivity index (χ3v) is 7.96. The van der Waals surface area contributed by atoms with Gasteiger partial charge in [-0.25, -0.2) is 24.0 Å². The summed E-state index contributed by atoms with van der Waals surface area (Å²) in [6.45, 7) is 3.85. The number of aromatic nitrogens is 7. The number of halogens is 1. The maximum absolute atomic E-state index is 13.5. The van der Waals surface area contributed by atoms with E-state index >= 15 is 0 Å². The lowest BCUT2D eigenvalue weighted by Crippen LogP contribution is -2.50. The summed E-state index contributed by atoms with van der Waals surface area (Å²) < 4.78 is 20.5. The van der Waals surface area contributed by atoms with Gasteiger partial charge in [0.2, 0.25) is 0 Å². The van der Waals surface area contributed by atoms with Crippen LogP contribution >= 0.6 is 0 Å². The maximum Gasteiger partial charge on any atom is 0.252 e. The largest absolute Gasteiger partial charge is 0.368 e. The van der Waals surface area contributed by atoms with Gasteiger partial charge in [-0.15, -0.1) is 0 Å². The van der Waals surface area contributed by atoms with Gasteiger partial charge in [0.05, 0.1) is 24.1 Å². The molecule has 0 spiro atoms. The molecule has 0 aliphatic heterocycles. The molecule has 1 amide bonds. The molecule has 4 heterocycles. The lowest BCUT2D eigenvalue weighted by Gasteiger charge is -2.38. The first-order chi connectivity index (χ1) is 19.8. The number of anilines is 2. The lowest BCUT2D eigenvalue weighted by atomic mass is 9.77. The van der Waals surface area contributed by atoms with Crippen molar-refractivity contribution in [2.24, 2.45) is 0 Å². The van der Waals surface area contributed by atoms with Crippen LogP contribution in [-0.4, -0.2) is 53.5 Å². The Morgan fingerprint density at radius 3 is 2.73 bits per heavy atom. The number of pyridine rings is 1. The topological polar surface area (TPSA) is 136 Å². The zero-order valence-electron chi connectivity index (χ0n) is 23.2. The number of allylic oxidation sites excluding steroid dienone is 1. The second kappa shape index (κ2) is 10.8. The molecular weight excluding hydrogens is 525 g/mol. The Hall–Kier alpha value is -4.45. The molecule has 4 aromatic heterocycles. The molecule has 41 heavy (non-hydrogen) atoms. The summed E-state index contributed by atoms with van der Waals surface area (Å²) in [5.41, 5.74) is 2.84. The van der Waals surface area contributed by atoms with Crippen LogP contribution < -0.4 is 10.6 Å². The van der Waals surface area contributed by atoms with Crippen molar-refractivity contribution in [1.29, 1.82) is 0 Å². The van der Waals surface area contributed by atoms with E-state index in [1.165, 1.54) is 10.9 Å². The molecule has 0 radical (unpaired) electrons. The van der Waals surface area contributed by atoms with Crippen LogP contribution in [0.3, 0.4) is 0 Å². The number of aryl methyl sites for hydroxylation is 1. The number of ether oxygens (including phenoxy) is 1. The van der Waals surface area contributed by atoms with Crippen LogP contribution in [0.1, 0.15) is 72.9 Å². The van der Waals surface area contributed by atoms with E-state index in [-0.39, 0.29) is 17.9 Å². The number of nitrogens with one attached hydrogen (secondary N) is 3. The Labute approximate surface area is 236 Å². The third-order valence-electron chi connectivity index (χ3n) is 7.96. The second-order valence-corrected chi connectivity index (χ2v) is 10.7. The van der Waals surface area contributed by atoms with Gasteiger partial charge in [-0.3, -0.25) is 9.89 Å². The van der Waals surface area contributed by atoms with Gasteiger partial charge in [0.1, 0.15) is 17.2 Å². The number of amides is 1. The van der Waals surface area contributed by atoms with Gasteiger partial charge in [-0.05, 0) is 51.2 Å². The second-order valence-electron chi connectivity index (χ2n) is 10.7. The Morgan fingerprint density at radius 2 is 2.07 bits per heavy atom. The molecule has 4 aromatic rings. The number of H-pyrrole nitrogens is 1. The number of carbonyl (C=O) groups excluding carboxylic acids is 1. The first-order valence-electron chi connectivity index (χ1n) is 13.7. The van der Waals surface area contributed by atoms with Gasteiger partial charge in [0.15, 0.2) is 17.5 Å². The fraction of sp³-hybridized carbons (Fsp3) is 0.379. The quantitative estimate of drug-likeness (QED) is 0.289. The Morgan fingerprint density at radius 1 is 1.24 bits per heavy atom. The van der Waals surface area contributed by atoms with Crippen molar-refractivity contribution < 1.29 is 13.9 Å². The van der Waals surface area contributed by atoms with Crippen molar-refractivity contribution in [3.63, 3.8) is 0 Å². The van der Waals surface area contributed by atoms with E-state index in [4.69, 9.17) is 14.7 Å². The van der Waals surface area contributed by atoms with E-state index in [1.807, 2.05) is 32.1 Å². The van der Waals surface area contributed by atoms with Gasteiger partial charge in [-0.1, -0.05) is 18.2 Å². The number of rotatable bonds is 8. The summed E-state index contributed by atoms with van der Waals surface area (Å²) in [5.74, 6) is 2.26. The number of aromatic amines is 1. The number of carbonyl (C=O) groups is 1. The third kappa shape index (κ3) is 5.34. The van der Waals surface area contributed by atoms with Crippen molar-refractivity contribution in [2.75, 3.05) is 12.4 Å². The minimum atomic E-state index is -0.934. The normalized spacial score (nSPS) is 20.5. The number of nitrogens with zero attached hydrogens (tertiary/aromatic N) is 6. The summed E-state index contributed by atoms with van der Waals surface area (Å²) in [4.78, 5) is 27.7. The van der Waals surface area contributed by atoms with Crippen molar-refractivity contribution in [3.8, 4) is 5.82 Å². The monoisotopic (exact) mass is 557 g/mol. The molecule has 0 saturated heterocycles. The zero-order chi connectivity index (χ0) is 28.6. The summed E-state index contributed by atoms with van der Waals surface area (Å²) in [7, 11) is 1.59. The number of fused-ring (bicyclic) bond motifs is 1. The average Bonchev–Trinajstić information content (AvgIpc) is 3.74. The molecule has 0 bridgehead atoms. The highest BCUT2D eigenvalue weighted by Gasteiger charge is 2.43.